The summed E-state index contributed by atoms with van der Waals surface area (Å²) >= 11 is 3.41. The van der Waals surface area contributed by atoms with Crippen LogP contribution in [0.4, 0.5) is 4.39 Å². The van der Waals surface area contributed by atoms with Crippen molar-refractivity contribution in [3.63, 3.8) is 0 Å². The van der Waals surface area contributed by atoms with Crippen LogP contribution in [0, 0.1) is 5.82 Å². The molecule has 3 aromatic rings. The van der Waals surface area contributed by atoms with Gasteiger partial charge >= 0.3 is 0 Å². The van der Waals surface area contributed by atoms with Gasteiger partial charge in [0.1, 0.15) is 11.6 Å². The molecule has 0 bridgehead atoms. The average molecular weight is 448 g/mol. The Kier molecular flexibility index (Phi) is 6.76. The molecule has 0 fully saturated rings. The lowest BCUT2D eigenvalue weighted by atomic mass is 10.2. The molecule has 0 aliphatic heterocycles. The van der Waals surface area contributed by atoms with E-state index in [2.05, 4.69) is 31.4 Å². The van der Waals surface area contributed by atoms with Crippen LogP contribution in [-0.4, -0.2) is 23.2 Å². The number of nitrogens with zero attached hydrogens (tertiary/aromatic N) is 2. The summed E-state index contributed by atoms with van der Waals surface area (Å²) in [5, 5.41) is 6.77. The quantitative estimate of drug-likeness (QED) is 0.557. The number of benzene rings is 2. The molecule has 3 rings (SSSR count). The second kappa shape index (κ2) is 9.45. The molecule has 0 saturated heterocycles. The summed E-state index contributed by atoms with van der Waals surface area (Å²) in [6.07, 6.45) is 1.40. The summed E-state index contributed by atoms with van der Waals surface area (Å²) in [5.41, 5.74) is 1.57. The molecule has 1 amide bonds. The van der Waals surface area contributed by atoms with Gasteiger partial charge in [-0.05, 0) is 48.9 Å². The van der Waals surface area contributed by atoms with Crippen molar-refractivity contribution in [2.45, 2.75) is 25.8 Å². The zero-order valence-electron chi connectivity index (χ0n) is 15.2. The molecule has 0 atom stereocenters. The fourth-order valence-electron chi connectivity index (χ4n) is 2.64. The van der Waals surface area contributed by atoms with Crippen molar-refractivity contribution in [2.24, 2.45) is 0 Å². The molecule has 6 nitrogen and oxygen atoms in total. The first-order valence-electron chi connectivity index (χ1n) is 8.73. The Morgan fingerprint density at radius 2 is 2.04 bits per heavy atom. The lowest BCUT2D eigenvalue weighted by Gasteiger charge is -2.10. The highest BCUT2D eigenvalue weighted by Crippen LogP contribution is 2.22. The van der Waals surface area contributed by atoms with Gasteiger partial charge in [-0.2, -0.15) is 4.98 Å². The monoisotopic (exact) mass is 447 g/mol. The summed E-state index contributed by atoms with van der Waals surface area (Å²) < 4.78 is 24.4. The van der Waals surface area contributed by atoms with Crippen LogP contribution in [0.5, 0.6) is 5.75 Å². The largest absolute Gasteiger partial charge is 0.496 e. The molecular weight excluding hydrogens is 429 g/mol. The lowest BCUT2D eigenvalue weighted by Crippen LogP contribution is -2.22. The molecule has 28 heavy (non-hydrogen) atoms. The van der Waals surface area contributed by atoms with E-state index < -0.39 is 0 Å². The normalized spacial score (nSPS) is 10.7. The Labute approximate surface area is 170 Å². The molecule has 0 aliphatic rings. The van der Waals surface area contributed by atoms with Crippen LogP contribution in [0.2, 0.25) is 0 Å². The van der Waals surface area contributed by atoms with Gasteiger partial charge in [0.05, 0.1) is 7.11 Å². The number of rotatable bonds is 8. The zero-order chi connectivity index (χ0) is 19.9. The van der Waals surface area contributed by atoms with Crippen molar-refractivity contribution in [3.05, 3.63) is 64.2 Å². The second-order valence-corrected chi connectivity index (χ2v) is 7.02. The predicted octanol–water partition coefficient (Wildman–Crippen LogP) is 4.29. The Hall–Kier alpha value is -2.74. The van der Waals surface area contributed by atoms with Crippen LogP contribution >= 0.6 is 15.9 Å². The summed E-state index contributed by atoms with van der Waals surface area (Å²) in [4.78, 5) is 16.4. The second-order valence-electron chi connectivity index (χ2n) is 6.11. The Bertz CT molecular complexity index is 944. The Morgan fingerprint density at radius 1 is 1.25 bits per heavy atom. The van der Waals surface area contributed by atoms with Crippen LogP contribution in [0.25, 0.3) is 11.4 Å². The fraction of sp³-hybridized carbons (Fsp3) is 0.250. The minimum Gasteiger partial charge on any atom is -0.496 e. The van der Waals surface area contributed by atoms with E-state index >= 15 is 0 Å². The van der Waals surface area contributed by atoms with Crippen LogP contribution in [0.1, 0.15) is 24.3 Å². The highest BCUT2D eigenvalue weighted by molar-refractivity contribution is 9.10. The van der Waals surface area contributed by atoms with Crippen molar-refractivity contribution < 1.29 is 18.4 Å². The van der Waals surface area contributed by atoms with E-state index in [-0.39, 0.29) is 11.7 Å². The molecule has 0 unspecified atom stereocenters. The van der Waals surface area contributed by atoms with Crippen LogP contribution in [0.3, 0.4) is 0 Å². The maximum atomic E-state index is 13.0. The van der Waals surface area contributed by atoms with Gasteiger partial charge in [-0.3, -0.25) is 4.79 Å². The van der Waals surface area contributed by atoms with Crippen LogP contribution < -0.4 is 10.1 Å². The summed E-state index contributed by atoms with van der Waals surface area (Å²) in [7, 11) is 1.60. The number of hydrogen-bond acceptors (Lipinski definition) is 5. The zero-order valence-corrected chi connectivity index (χ0v) is 16.8. The summed E-state index contributed by atoms with van der Waals surface area (Å²) in [6.45, 7) is 0.386. The first-order chi connectivity index (χ1) is 13.5. The molecule has 1 N–H and O–H groups in total. The molecular formula is C20H19BrFN3O3. The number of amides is 1. The topological polar surface area (TPSA) is 77.2 Å². The van der Waals surface area contributed by atoms with Gasteiger partial charge in [-0.1, -0.05) is 21.1 Å². The van der Waals surface area contributed by atoms with Crippen molar-refractivity contribution in [1.82, 2.24) is 15.5 Å². The van der Waals surface area contributed by atoms with Gasteiger partial charge in [0, 0.05) is 35.0 Å². The van der Waals surface area contributed by atoms with Gasteiger partial charge in [0.15, 0.2) is 0 Å². The number of carbonyl (C=O) groups is 1. The molecule has 1 heterocycles. The molecule has 0 aliphatic carbocycles. The number of hydrogen-bond donors (Lipinski definition) is 1. The summed E-state index contributed by atoms with van der Waals surface area (Å²) in [5.74, 6) is 1.18. The predicted molar refractivity (Wildman–Crippen MR) is 105 cm³/mol. The van der Waals surface area contributed by atoms with E-state index in [0.29, 0.717) is 43.1 Å². The van der Waals surface area contributed by atoms with Gasteiger partial charge in [0.2, 0.25) is 17.6 Å². The highest BCUT2D eigenvalue weighted by atomic mass is 79.9. The number of aromatic nitrogens is 2. The molecule has 2 aromatic carbocycles. The van der Waals surface area contributed by atoms with E-state index in [1.165, 1.54) is 12.1 Å². The van der Waals surface area contributed by atoms with E-state index in [0.717, 1.165) is 15.8 Å². The number of halogens is 2. The maximum absolute atomic E-state index is 13.0. The first kappa shape index (κ1) is 20.0. The first-order valence-corrected chi connectivity index (χ1v) is 9.52. The molecule has 0 spiro atoms. The van der Waals surface area contributed by atoms with E-state index in [1.54, 1.807) is 19.2 Å². The Morgan fingerprint density at radius 3 is 2.79 bits per heavy atom. The van der Waals surface area contributed by atoms with Crippen molar-refractivity contribution >= 4 is 21.8 Å². The highest BCUT2D eigenvalue weighted by Gasteiger charge is 2.10. The van der Waals surface area contributed by atoms with Crippen LogP contribution in [0.15, 0.2) is 51.5 Å². The van der Waals surface area contributed by atoms with Gasteiger partial charge < -0.3 is 14.6 Å². The van der Waals surface area contributed by atoms with Gasteiger partial charge in [-0.25, -0.2) is 4.39 Å². The number of methoxy groups -OCH3 is 1. The van der Waals surface area contributed by atoms with Crippen molar-refractivity contribution in [1.29, 1.82) is 0 Å². The average Bonchev–Trinajstić information content (AvgIpc) is 3.16. The van der Waals surface area contributed by atoms with E-state index in [9.17, 15) is 9.18 Å². The van der Waals surface area contributed by atoms with E-state index in [4.69, 9.17) is 9.26 Å². The fourth-order valence-corrected chi connectivity index (χ4v) is 3.05. The smallest absolute Gasteiger partial charge is 0.226 e. The molecule has 8 heteroatoms. The lowest BCUT2D eigenvalue weighted by molar-refractivity contribution is -0.121. The summed E-state index contributed by atoms with van der Waals surface area (Å²) in [6, 6.07) is 11.5. The van der Waals surface area contributed by atoms with E-state index in [1.807, 2.05) is 18.2 Å². The molecule has 0 saturated carbocycles. The van der Waals surface area contributed by atoms with Crippen molar-refractivity contribution in [3.8, 4) is 17.1 Å². The van der Waals surface area contributed by atoms with Gasteiger partial charge in [0.25, 0.3) is 0 Å². The number of carbonyl (C=O) groups excluding carboxylic acids is 1. The van der Waals surface area contributed by atoms with Crippen molar-refractivity contribution in [2.75, 3.05) is 7.11 Å². The minimum atomic E-state index is -0.320. The third kappa shape index (κ3) is 5.39. The van der Waals surface area contributed by atoms with Gasteiger partial charge in [-0.15, -0.1) is 0 Å². The molecule has 146 valence electrons. The maximum Gasteiger partial charge on any atom is 0.226 e. The molecule has 0 radical (unpaired) electrons. The number of aryl methyl sites for hydroxylation is 1. The third-order valence-corrected chi connectivity index (χ3v) is 4.58. The van der Waals surface area contributed by atoms with Crippen LogP contribution in [-0.2, 0) is 17.8 Å². The third-order valence-electron chi connectivity index (χ3n) is 4.08. The number of ether oxygens (including phenoxy) is 1. The molecule has 1 aromatic heterocycles. The Balaban J connectivity index is 1.46. The SMILES string of the molecule is COc1ccc(Br)cc1CNC(=O)CCCc1nc(-c2ccc(F)cc2)no1. The number of nitrogens with one attached hydrogen (secondary N) is 1. The standard InChI is InChI=1S/C20H19BrFN3O3/c1-27-17-10-7-15(21)11-14(17)12-23-18(26)3-2-4-19-24-20(25-28-19)13-5-8-16(22)9-6-13/h5-11H,2-4,12H2,1H3,(H,23,26). The minimum absolute atomic E-state index is 0.0692.